The van der Waals surface area contributed by atoms with E-state index < -0.39 is 0 Å². The van der Waals surface area contributed by atoms with Gasteiger partial charge in [0.25, 0.3) is 5.56 Å². The van der Waals surface area contributed by atoms with Gasteiger partial charge in [-0.1, -0.05) is 32.8 Å². The van der Waals surface area contributed by atoms with Crippen molar-refractivity contribution in [1.82, 2.24) is 29.7 Å². The summed E-state index contributed by atoms with van der Waals surface area (Å²) in [5.74, 6) is 3.63. The van der Waals surface area contributed by atoms with Crippen molar-refractivity contribution in [3.05, 3.63) is 82.3 Å². The van der Waals surface area contributed by atoms with Crippen molar-refractivity contribution < 1.29 is 9.53 Å². The highest BCUT2D eigenvalue weighted by atomic mass is 16.5. The number of aromatic nitrogens is 6. The molecular weight excluding hydrogens is 480 g/mol. The van der Waals surface area contributed by atoms with Crippen LogP contribution in [-0.4, -0.2) is 35.5 Å². The first-order chi connectivity index (χ1) is 18.2. The van der Waals surface area contributed by atoms with E-state index in [0.29, 0.717) is 34.7 Å². The van der Waals surface area contributed by atoms with Gasteiger partial charge in [0, 0.05) is 47.8 Å². The molecule has 5 aromatic rings. The summed E-state index contributed by atoms with van der Waals surface area (Å²) < 4.78 is 7.93. The molecule has 4 aromatic heterocycles. The number of hydrogen-bond acceptors (Lipinski definition) is 7. The Morgan fingerprint density at radius 3 is 2.68 bits per heavy atom. The molecule has 1 aromatic carbocycles. The lowest BCUT2D eigenvalue weighted by Gasteiger charge is -2.13. The lowest BCUT2D eigenvalue weighted by molar-refractivity contribution is -0.117. The van der Waals surface area contributed by atoms with E-state index in [1.165, 1.54) is 6.20 Å². The number of aromatic amines is 1. The Kier molecular flexibility index (Phi) is 6.47. The topological polar surface area (TPSA) is 116 Å². The predicted octanol–water partition coefficient (Wildman–Crippen LogP) is 4.14. The van der Waals surface area contributed by atoms with Crippen molar-refractivity contribution in [3.63, 3.8) is 0 Å². The van der Waals surface area contributed by atoms with Crippen LogP contribution >= 0.6 is 0 Å². The van der Waals surface area contributed by atoms with Crippen molar-refractivity contribution in [2.45, 2.75) is 45.6 Å². The largest absolute Gasteiger partial charge is 0.454 e. The third-order valence-corrected chi connectivity index (χ3v) is 6.11. The monoisotopic (exact) mass is 506 g/mol. The van der Waals surface area contributed by atoms with Gasteiger partial charge in [-0.2, -0.15) is 5.10 Å². The SMILES string of the molecule is C#CCn1nc(C(C)(C)C)cc1CC(=O)Cc1ccc(Oc2ccnc3[nH]c(=O)cnc23)c2cccnc12. The van der Waals surface area contributed by atoms with Gasteiger partial charge in [-0.05, 0) is 29.8 Å². The molecule has 9 heteroatoms. The molecule has 0 saturated heterocycles. The third kappa shape index (κ3) is 5.02. The second kappa shape index (κ2) is 9.90. The molecule has 0 spiro atoms. The quantitative estimate of drug-likeness (QED) is 0.330. The maximum Gasteiger partial charge on any atom is 0.268 e. The number of nitrogens with zero attached hydrogens (tertiary/aromatic N) is 5. The molecule has 0 saturated carbocycles. The zero-order valence-electron chi connectivity index (χ0n) is 21.4. The Hall–Kier alpha value is -4.84. The molecular formula is C29H26N6O3. The van der Waals surface area contributed by atoms with Crippen LogP contribution in [0, 0.1) is 12.3 Å². The summed E-state index contributed by atoms with van der Waals surface area (Å²) in [6.07, 6.45) is 10.4. The summed E-state index contributed by atoms with van der Waals surface area (Å²) in [5.41, 5.74) is 3.42. The normalized spacial score (nSPS) is 11.5. The molecule has 4 heterocycles. The summed E-state index contributed by atoms with van der Waals surface area (Å²) >= 11 is 0. The predicted molar refractivity (Wildman–Crippen MR) is 144 cm³/mol. The van der Waals surface area contributed by atoms with E-state index in [4.69, 9.17) is 11.2 Å². The van der Waals surface area contributed by atoms with Crippen molar-refractivity contribution >= 4 is 27.9 Å². The Morgan fingerprint density at radius 1 is 1.05 bits per heavy atom. The molecule has 1 N–H and O–H groups in total. The highest BCUT2D eigenvalue weighted by molar-refractivity contribution is 5.93. The number of carbonyl (C=O) groups is 1. The smallest absolute Gasteiger partial charge is 0.268 e. The number of Topliss-reactive ketones (excluding diaryl/α,β-unsaturated/α-hetero) is 1. The Morgan fingerprint density at radius 2 is 1.89 bits per heavy atom. The van der Waals surface area contributed by atoms with E-state index in [9.17, 15) is 9.59 Å². The summed E-state index contributed by atoms with van der Waals surface area (Å²) in [6, 6.07) is 11.0. The minimum absolute atomic E-state index is 0.0255. The van der Waals surface area contributed by atoms with E-state index in [1.807, 2.05) is 30.3 Å². The molecule has 9 nitrogen and oxygen atoms in total. The van der Waals surface area contributed by atoms with E-state index in [0.717, 1.165) is 22.3 Å². The molecule has 0 aliphatic rings. The highest BCUT2D eigenvalue weighted by Crippen LogP contribution is 2.33. The number of fused-ring (bicyclic) bond motifs is 2. The zero-order chi connectivity index (χ0) is 26.9. The first kappa shape index (κ1) is 24.8. The average Bonchev–Trinajstić information content (AvgIpc) is 3.28. The van der Waals surface area contributed by atoms with Gasteiger partial charge >= 0.3 is 0 Å². The minimum Gasteiger partial charge on any atom is -0.454 e. The summed E-state index contributed by atoms with van der Waals surface area (Å²) in [6.45, 7) is 6.54. The lowest BCUT2D eigenvalue weighted by Crippen LogP contribution is -2.13. The number of ketones is 1. The number of rotatable bonds is 7. The molecule has 190 valence electrons. The molecule has 0 radical (unpaired) electrons. The maximum absolute atomic E-state index is 13.2. The summed E-state index contributed by atoms with van der Waals surface area (Å²) in [4.78, 5) is 40.3. The number of carbonyl (C=O) groups excluding carboxylic acids is 1. The fourth-order valence-corrected chi connectivity index (χ4v) is 4.23. The van der Waals surface area contributed by atoms with E-state index >= 15 is 0 Å². The molecule has 0 unspecified atom stereocenters. The molecule has 0 aliphatic carbocycles. The summed E-state index contributed by atoms with van der Waals surface area (Å²) in [7, 11) is 0. The van der Waals surface area contributed by atoms with Crippen LogP contribution in [0.25, 0.3) is 22.1 Å². The zero-order valence-corrected chi connectivity index (χ0v) is 21.4. The fourth-order valence-electron chi connectivity index (χ4n) is 4.23. The second-order valence-electron chi connectivity index (χ2n) is 10.0. The van der Waals surface area contributed by atoms with Gasteiger partial charge in [0.15, 0.2) is 11.4 Å². The van der Waals surface area contributed by atoms with Gasteiger partial charge in [-0.25, -0.2) is 9.97 Å². The van der Waals surface area contributed by atoms with Crippen LogP contribution in [-0.2, 0) is 29.6 Å². The van der Waals surface area contributed by atoms with Gasteiger partial charge in [0.2, 0.25) is 0 Å². The Balaban J connectivity index is 1.43. The highest BCUT2D eigenvalue weighted by Gasteiger charge is 2.21. The second-order valence-corrected chi connectivity index (χ2v) is 10.0. The number of pyridine rings is 2. The van der Waals surface area contributed by atoms with Crippen molar-refractivity contribution in [2.75, 3.05) is 0 Å². The standard InChI is InChI=1S/C29H26N6O3/c1-5-13-35-19(16-24(34-35)29(2,3)4)15-20(36)14-18-8-9-22(21-7-6-11-30-26(18)21)38-23-10-12-31-28-27(23)32-17-25(37)33-28/h1,6-12,16-17H,13-15H2,2-4H3,(H,31,33,37). The Labute approximate surface area is 218 Å². The lowest BCUT2D eigenvalue weighted by atomic mass is 9.92. The van der Waals surface area contributed by atoms with Gasteiger partial charge in [-0.3, -0.25) is 19.3 Å². The van der Waals surface area contributed by atoms with E-state index in [2.05, 4.69) is 51.7 Å². The van der Waals surface area contributed by atoms with Crippen molar-refractivity contribution in [2.24, 2.45) is 0 Å². The number of ether oxygens (including phenoxy) is 1. The third-order valence-electron chi connectivity index (χ3n) is 6.11. The van der Waals surface area contributed by atoms with Gasteiger partial charge in [-0.15, -0.1) is 6.42 Å². The number of hydrogen-bond donors (Lipinski definition) is 1. The van der Waals surface area contributed by atoms with Crippen LogP contribution in [0.3, 0.4) is 0 Å². The van der Waals surface area contributed by atoms with Crippen LogP contribution in [0.4, 0.5) is 0 Å². The molecule has 38 heavy (non-hydrogen) atoms. The number of H-pyrrole nitrogens is 1. The van der Waals surface area contributed by atoms with Crippen LogP contribution < -0.4 is 10.3 Å². The number of nitrogens with one attached hydrogen (secondary N) is 1. The minimum atomic E-state index is -0.345. The van der Waals surface area contributed by atoms with Crippen molar-refractivity contribution in [1.29, 1.82) is 0 Å². The molecule has 0 atom stereocenters. The maximum atomic E-state index is 13.2. The first-order valence-corrected chi connectivity index (χ1v) is 12.1. The fraction of sp³-hybridized carbons (Fsp3) is 0.241. The van der Waals surface area contributed by atoms with Gasteiger partial charge in [0.05, 0.1) is 17.4 Å². The molecule has 0 bridgehead atoms. The average molecular weight is 507 g/mol. The van der Waals surface area contributed by atoms with Crippen LogP contribution in [0.2, 0.25) is 0 Å². The van der Waals surface area contributed by atoms with Crippen molar-refractivity contribution in [3.8, 4) is 23.8 Å². The molecule has 0 aliphatic heterocycles. The number of benzene rings is 1. The molecule has 0 fully saturated rings. The first-order valence-electron chi connectivity index (χ1n) is 12.1. The molecule has 5 rings (SSSR count). The van der Waals surface area contributed by atoms with Gasteiger partial charge in [0.1, 0.15) is 23.6 Å². The van der Waals surface area contributed by atoms with Gasteiger partial charge < -0.3 is 9.72 Å². The van der Waals surface area contributed by atoms with E-state index in [1.54, 1.807) is 23.1 Å². The number of terminal acetylenes is 1. The molecule has 0 amide bonds. The van der Waals surface area contributed by atoms with Crippen LogP contribution in [0.15, 0.2) is 59.8 Å². The Bertz CT molecular complexity index is 1770. The van der Waals surface area contributed by atoms with Crippen LogP contribution in [0.1, 0.15) is 37.7 Å². The summed E-state index contributed by atoms with van der Waals surface area (Å²) in [5, 5.41) is 5.37. The van der Waals surface area contributed by atoms with E-state index in [-0.39, 0.29) is 29.6 Å². The van der Waals surface area contributed by atoms with Crippen LogP contribution in [0.5, 0.6) is 11.5 Å².